The van der Waals surface area contributed by atoms with E-state index in [1.54, 1.807) is 12.7 Å². The number of hydrogen-bond acceptors (Lipinski definition) is 1. The maximum Gasteiger partial charge on any atom is 0.119 e. The zero-order valence-electron chi connectivity index (χ0n) is 12.7. The molecule has 2 nitrogen and oxygen atoms in total. The molecule has 4 rings (SSSR count). The highest BCUT2D eigenvalue weighted by Gasteiger charge is 2.29. The van der Waals surface area contributed by atoms with Gasteiger partial charge in [-0.25, -0.2) is 0 Å². The summed E-state index contributed by atoms with van der Waals surface area (Å²) >= 11 is 0. The number of H-pyrrole nitrogens is 1. The van der Waals surface area contributed by atoms with Crippen molar-refractivity contribution in [2.75, 3.05) is 7.11 Å². The Morgan fingerprint density at radius 1 is 1.14 bits per heavy atom. The highest BCUT2D eigenvalue weighted by atomic mass is 16.5. The Hall–Kier alpha value is -1.70. The molecule has 1 saturated carbocycles. The number of benzene rings is 1. The molecule has 2 aliphatic rings. The zero-order valence-corrected chi connectivity index (χ0v) is 12.7. The summed E-state index contributed by atoms with van der Waals surface area (Å²) in [5.74, 6) is 2.82. The summed E-state index contributed by atoms with van der Waals surface area (Å²) in [6, 6.07) is 6.31. The Kier molecular flexibility index (Phi) is 3.25. The average Bonchev–Trinajstić information content (AvgIpc) is 3.08. The highest BCUT2D eigenvalue weighted by molar-refractivity contribution is 5.93. The van der Waals surface area contributed by atoms with E-state index in [0.29, 0.717) is 0 Å². The fraction of sp³-hybridized carbons (Fsp3) is 0.474. The van der Waals surface area contributed by atoms with Crippen LogP contribution in [-0.4, -0.2) is 12.1 Å². The van der Waals surface area contributed by atoms with Gasteiger partial charge in [-0.2, -0.15) is 0 Å². The predicted molar refractivity (Wildman–Crippen MR) is 87.5 cm³/mol. The summed E-state index contributed by atoms with van der Waals surface area (Å²) in [6.07, 6.45) is 12.9. The van der Waals surface area contributed by atoms with Crippen LogP contribution in [0.5, 0.6) is 5.75 Å². The minimum Gasteiger partial charge on any atom is -0.497 e. The molecule has 2 aromatic rings. The van der Waals surface area contributed by atoms with Crippen LogP contribution in [0.1, 0.15) is 44.1 Å². The first-order valence-corrected chi connectivity index (χ1v) is 8.19. The van der Waals surface area contributed by atoms with Crippen molar-refractivity contribution >= 4 is 16.5 Å². The van der Waals surface area contributed by atoms with Crippen molar-refractivity contribution in [1.29, 1.82) is 0 Å². The van der Waals surface area contributed by atoms with Gasteiger partial charge < -0.3 is 9.72 Å². The van der Waals surface area contributed by atoms with Gasteiger partial charge in [-0.1, -0.05) is 18.9 Å². The molecule has 2 unspecified atom stereocenters. The smallest absolute Gasteiger partial charge is 0.119 e. The van der Waals surface area contributed by atoms with Gasteiger partial charge in [-0.15, -0.1) is 0 Å². The lowest BCUT2D eigenvalue weighted by Gasteiger charge is -2.17. The van der Waals surface area contributed by atoms with Gasteiger partial charge in [0.2, 0.25) is 0 Å². The second kappa shape index (κ2) is 5.25. The van der Waals surface area contributed by atoms with Gasteiger partial charge in [-0.05, 0) is 61.3 Å². The Morgan fingerprint density at radius 3 is 2.95 bits per heavy atom. The summed E-state index contributed by atoms with van der Waals surface area (Å²) < 4.78 is 5.39. The van der Waals surface area contributed by atoms with Crippen molar-refractivity contribution in [1.82, 2.24) is 4.98 Å². The number of rotatable bonds is 2. The highest BCUT2D eigenvalue weighted by Crippen LogP contribution is 2.44. The molecule has 0 spiro atoms. The Morgan fingerprint density at radius 2 is 2.05 bits per heavy atom. The number of nitrogens with one attached hydrogen (secondary N) is 1. The molecule has 1 heterocycles. The van der Waals surface area contributed by atoms with Crippen molar-refractivity contribution in [3.05, 3.63) is 36.0 Å². The van der Waals surface area contributed by atoms with Gasteiger partial charge in [0, 0.05) is 22.7 Å². The van der Waals surface area contributed by atoms with Crippen LogP contribution < -0.4 is 4.74 Å². The second-order valence-corrected chi connectivity index (χ2v) is 6.58. The zero-order chi connectivity index (χ0) is 14.2. The number of allylic oxidation sites excluding steroid dienone is 2. The van der Waals surface area contributed by atoms with Crippen molar-refractivity contribution in [2.45, 2.75) is 38.5 Å². The third kappa shape index (κ3) is 2.27. The van der Waals surface area contributed by atoms with E-state index in [2.05, 4.69) is 29.4 Å². The van der Waals surface area contributed by atoms with E-state index in [4.69, 9.17) is 4.74 Å². The number of ether oxygens (including phenoxy) is 1. The molecule has 2 aliphatic carbocycles. The number of aromatic amines is 1. The first kappa shape index (κ1) is 13.0. The molecule has 1 aromatic heterocycles. The Labute approximate surface area is 126 Å². The molecule has 1 fully saturated rings. The quantitative estimate of drug-likeness (QED) is 0.808. The molecule has 0 saturated heterocycles. The van der Waals surface area contributed by atoms with Crippen LogP contribution in [0, 0.1) is 11.8 Å². The lowest BCUT2D eigenvalue weighted by atomic mass is 9.88. The molecule has 1 N–H and O–H groups in total. The van der Waals surface area contributed by atoms with E-state index in [-0.39, 0.29) is 0 Å². The van der Waals surface area contributed by atoms with E-state index < -0.39 is 0 Å². The van der Waals surface area contributed by atoms with Crippen molar-refractivity contribution in [3.63, 3.8) is 0 Å². The van der Waals surface area contributed by atoms with Crippen LogP contribution in [0.25, 0.3) is 16.5 Å². The van der Waals surface area contributed by atoms with E-state index in [0.717, 1.165) is 17.6 Å². The SMILES string of the molecule is COc1ccc2[nH]cc(C3=CCCC4CCCC4C3)c2c1. The van der Waals surface area contributed by atoms with Gasteiger partial charge in [0.1, 0.15) is 5.75 Å². The van der Waals surface area contributed by atoms with Gasteiger partial charge >= 0.3 is 0 Å². The number of fused-ring (bicyclic) bond motifs is 2. The summed E-state index contributed by atoms with van der Waals surface area (Å²) in [5.41, 5.74) is 4.14. The van der Waals surface area contributed by atoms with Crippen LogP contribution in [0.15, 0.2) is 30.5 Å². The van der Waals surface area contributed by atoms with Crippen LogP contribution in [0.4, 0.5) is 0 Å². The first-order valence-electron chi connectivity index (χ1n) is 8.19. The van der Waals surface area contributed by atoms with Gasteiger partial charge in [-0.3, -0.25) is 0 Å². The second-order valence-electron chi connectivity index (χ2n) is 6.58. The lowest BCUT2D eigenvalue weighted by Crippen LogP contribution is -2.06. The van der Waals surface area contributed by atoms with Gasteiger partial charge in [0.15, 0.2) is 0 Å². The van der Waals surface area contributed by atoms with E-state index in [1.807, 2.05) is 6.07 Å². The monoisotopic (exact) mass is 281 g/mol. The number of hydrogen-bond donors (Lipinski definition) is 1. The standard InChI is InChI=1S/C19H23NO/c1-21-16-8-9-19-17(11-16)18(12-20-19)15-7-3-5-13-4-2-6-14(13)10-15/h7-9,11-14,20H,2-6,10H2,1H3. The van der Waals surface area contributed by atoms with E-state index in [1.165, 1.54) is 55.0 Å². The topological polar surface area (TPSA) is 25.0 Å². The molecule has 0 aliphatic heterocycles. The fourth-order valence-corrected chi connectivity index (χ4v) is 4.31. The fourth-order valence-electron chi connectivity index (χ4n) is 4.31. The molecule has 0 radical (unpaired) electrons. The minimum atomic E-state index is 0.911. The molecule has 2 atom stereocenters. The lowest BCUT2D eigenvalue weighted by molar-refractivity contribution is 0.381. The molecule has 1 aromatic carbocycles. The summed E-state index contributed by atoms with van der Waals surface area (Å²) in [7, 11) is 1.74. The molecule has 21 heavy (non-hydrogen) atoms. The maximum absolute atomic E-state index is 5.39. The maximum atomic E-state index is 5.39. The molecule has 0 amide bonds. The van der Waals surface area contributed by atoms with Crippen molar-refractivity contribution in [3.8, 4) is 5.75 Å². The molecular formula is C19H23NO. The number of methoxy groups -OCH3 is 1. The number of aromatic nitrogens is 1. The third-order valence-corrected chi connectivity index (χ3v) is 5.46. The van der Waals surface area contributed by atoms with Gasteiger partial charge in [0.25, 0.3) is 0 Å². The summed E-state index contributed by atoms with van der Waals surface area (Å²) in [5, 5.41) is 1.30. The molecule has 110 valence electrons. The summed E-state index contributed by atoms with van der Waals surface area (Å²) in [4.78, 5) is 3.42. The summed E-state index contributed by atoms with van der Waals surface area (Å²) in [6.45, 7) is 0. The normalized spacial score (nSPS) is 25.5. The van der Waals surface area contributed by atoms with Crippen LogP contribution in [0.2, 0.25) is 0 Å². The van der Waals surface area contributed by atoms with E-state index >= 15 is 0 Å². The minimum absolute atomic E-state index is 0.911. The molecule has 0 bridgehead atoms. The molecular weight excluding hydrogens is 258 g/mol. The largest absolute Gasteiger partial charge is 0.497 e. The van der Waals surface area contributed by atoms with Crippen LogP contribution in [0.3, 0.4) is 0 Å². The van der Waals surface area contributed by atoms with Gasteiger partial charge in [0.05, 0.1) is 7.11 Å². The van der Waals surface area contributed by atoms with Crippen LogP contribution >= 0.6 is 0 Å². The first-order chi connectivity index (χ1) is 10.3. The van der Waals surface area contributed by atoms with E-state index in [9.17, 15) is 0 Å². The molecule has 2 heteroatoms. The Balaban J connectivity index is 1.73. The van der Waals surface area contributed by atoms with Crippen molar-refractivity contribution < 1.29 is 4.74 Å². The van der Waals surface area contributed by atoms with Crippen molar-refractivity contribution in [2.24, 2.45) is 11.8 Å². The van der Waals surface area contributed by atoms with Crippen LogP contribution in [-0.2, 0) is 0 Å². The predicted octanol–water partition coefficient (Wildman–Crippen LogP) is 5.16. The Bertz CT molecular complexity index is 682. The average molecular weight is 281 g/mol. The third-order valence-electron chi connectivity index (χ3n) is 5.46.